The lowest BCUT2D eigenvalue weighted by molar-refractivity contribution is -0.140. The third-order valence-corrected chi connectivity index (χ3v) is 4.38. The topological polar surface area (TPSA) is 100 Å². The highest BCUT2D eigenvalue weighted by Crippen LogP contribution is 2.18. The molecule has 0 N–H and O–H groups in total. The first kappa shape index (κ1) is 16.1. The van der Waals surface area contributed by atoms with E-state index in [-0.39, 0.29) is 17.1 Å². The van der Waals surface area contributed by atoms with Crippen LogP contribution in [0, 0.1) is 11.3 Å². The number of nitriles is 1. The molecular formula is C12H15N3O4S. The first-order valence-electron chi connectivity index (χ1n) is 5.89. The molecule has 0 amide bonds. The molecule has 0 saturated heterocycles. The van der Waals surface area contributed by atoms with Gasteiger partial charge in [0, 0.05) is 12.7 Å². The van der Waals surface area contributed by atoms with Gasteiger partial charge in [-0.25, -0.2) is 13.4 Å². The summed E-state index contributed by atoms with van der Waals surface area (Å²) in [5.74, 6) is -0.663. The van der Waals surface area contributed by atoms with Crippen LogP contribution in [-0.4, -0.2) is 43.9 Å². The van der Waals surface area contributed by atoms with Crippen LogP contribution >= 0.6 is 0 Å². The van der Waals surface area contributed by atoms with Crippen LogP contribution in [0.25, 0.3) is 0 Å². The monoisotopic (exact) mass is 297 g/mol. The van der Waals surface area contributed by atoms with Gasteiger partial charge in [0.2, 0.25) is 10.0 Å². The Bertz CT molecular complexity index is 622. The van der Waals surface area contributed by atoms with E-state index in [1.807, 2.05) is 0 Å². The Morgan fingerprint density at radius 3 is 2.80 bits per heavy atom. The minimum Gasteiger partial charge on any atom is -0.468 e. The molecule has 0 aliphatic carbocycles. The number of pyridine rings is 1. The summed E-state index contributed by atoms with van der Waals surface area (Å²) in [7, 11) is -2.78. The molecular weight excluding hydrogens is 282 g/mol. The van der Waals surface area contributed by atoms with Crippen molar-refractivity contribution in [1.82, 2.24) is 9.29 Å². The molecule has 0 spiro atoms. The number of carbonyl (C=O) groups is 1. The zero-order chi connectivity index (χ0) is 15.2. The Morgan fingerprint density at radius 1 is 1.55 bits per heavy atom. The van der Waals surface area contributed by atoms with Crippen LogP contribution in [0.1, 0.15) is 19.0 Å². The minimum atomic E-state index is -3.96. The molecule has 0 bridgehead atoms. The molecule has 7 nitrogen and oxygen atoms in total. The van der Waals surface area contributed by atoms with Gasteiger partial charge >= 0.3 is 5.97 Å². The van der Waals surface area contributed by atoms with E-state index in [1.165, 1.54) is 25.4 Å². The van der Waals surface area contributed by atoms with E-state index in [0.717, 1.165) is 4.31 Å². The maximum atomic E-state index is 12.5. The number of esters is 1. The van der Waals surface area contributed by atoms with Gasteiger partial charge in [0.1, 0.15) is 17.5 Å². The second kappa shape index (κ2) is 6.98. The zero-order valence-corrected chi connectivity index (χ0v) is 12.1. The van der Waals surface area contributed by atoms with E-state index in [1.54, 1.807) is 13.0 Å². The average Bonchev–Trinajstić information content (AvgIpc) is 2.46. The van der Waals surface area contributed by atoms with E-state index in [9.17, 15) is 13.2 Å². The fraction of sp³-hybridized carbons (Fsp3) is 0.417. The van der Waals surface area contributed by atoms with Crippen molar-refractivity contribution in [3.63, 3.8) is 0 Å². The number of hydrogen-bond donors (Lipinski definition) is 0. The summed E-state index contributed by atoms with van der Waals surface area (Å²) in [5, 5.41) is 8.93. The predicted molar refractivity (Wildman–Crippen MR) is 70.0 cm³/mol. The van der Waals surface area contributed by atoms with Crippen molar-refractivity contribution in [2.24, 2.45) is 0 Å². The zero-order valence-electron chi connectivity index (χ0n) is 11.2. The molecule has 108 valence electrons. The molecule has 0 aromatic carbocycles. The van der Waals surface area contributed by atoms with E-state index in [2.05, 4.69) is 9.72 Å². The second-order valence-electron chi connectivity index (χ2n) is 3.88. The molecule has 20 heavy (non-hydrogen) atoms. The maximum Gasteiger partial charge on any atom is 0.321 e. The molecule has 0 fully saturated rings. The fourth-order valence-electron chi connectivity index (χ4n) is 1.56. The summed E-state index contributed by atoms with van der Waals surface area (Å²) in [5.41, 5.74) is -0.196. The molecule has 8 heteroatoms. The van der Waals surface area contributed by atoms with Crippen LogP contribution in [0.4, 0.5) is 0 Å². The van der Waals surface area contributed by atoms with E-state index in [4.69, 9.17) is 5.26 Å². The minimum absolute atomic E-state index is 0.150. The first-order chi connectivity index (χ1) is 9.47. The molecule has 0 atom stereocenters. The molecule has 1 heterocycles. The Balaban J connectivity index is 3.23. The highest BCUT2D eigenvalue weighted by Gasteiger charge is 2.29. The normalized spacial score (nSPS) is 11.1. The number of carbonyl (C=O) groups excluding carboxylic acids is 1. The molecule has 1 aromatic heterocycles. The van der Waals surface area contributed by atoms with Crippen molar-refractivity contribution in [3.05, 3.63) is 24.0 Å². The second-order valence-corrected chi connectivity index (χ2v) is 5.78. The number of sulfonamides is 1. The van der Waals surface area contributed by atoms with Gasteiger partial charge in [-0.1, -0.05) is 6.92 Å². The molecule has 0 aliphatic rings. The van der Waals surface area contributed by atoms with Crippen molar-refractivity contribution in [2.45, 2.75) is 18.2 Å². The van der Waals surface area contributed by atoms with Crippen LogP contribution in [0.3, 0.4) is 0 Å². The first-order valence-corrected chi connectivity index (χ1v) is 7.33. The largest absolute Gasteiger partial charge is 0.468 e. The van der Waals surface area contributed by atoms with Crippen molar-refractivity contribution >= 4 is 16.0 Å². The summed E-state index contributed by atoms with van der Waals surface area (Å²) >= 11 is 0. The van der Waals surface area contributed by atoms with Crippen LogP contribution in [0.2, 0.25) is 0 Å². The Hall–Kier alpha value is -1.98. The average molecular weight is 297 g/mol. The number of aromatic nitrogens is 1. The van der Waals surface area contributed by atoms with Crippen LogP contribution in [0.5, 0.6) is 0 Å². The maximum absolute atomic E-state index is 12.5. The lowest BCUT2D eigenvalue weighted by Gasteiger charge is -2.20. The van der Waals surface area contributed by atoms with Gasteiger partial charge < -0.3 is 4.74 Å². The summed E-state index contributed by atoms with van der Waals surface area (Å²) in [6, 6.07) is 4.45. The number of ether oxygens (including phenoxy) is 1. The van der Waals surface area contributed by atoms with E-state index >= 15 is 0 Å². The third kappa shape index (κ3) is 3.53. The Kier molecular flexibility index (Phi) is 5.61. The third-order valence-electron chi connectivity index (χ3n) is 2.50. The SMILES string of the molecule is CCCN(CC(=O)OC)S(=O)(=O)c1cccnc1C#N. The Morgan fingerprint density at radius 2 is 2.25 bits per heavy atom. The lowest BCUT2D eigenvalue weighted by atomic mass is 10.4. The number of hydrogen-bond acceptors (Lipinski definition) is 6. The predicted octanol–water partition coefficient (Wildman–Crippen LogP) is 0.527. The van der Waals surface area contributed by atoms with E-state index in [0.29, 0.717) is 6.42 Å². The molecule has 1 rings (SSSR count). The van der Waals surface area contributed by atoms with Crippen LogP contribution in [-0.2, 0) is 19.6 Å². The molecule has 1 aromatic rings. The molecule has 0 unspecified atom stereocenters. The summed E-state index contributed by atoms with van der Waals surface area (Å²) < 4.78 is 30.4. The van der Waals surface area contributed by atoms with Gasteiger partial charge in [0.15, 0.2) is 5.69 Å². The lowest BCUT2D eigenvalue weighted by Crippen LogP contribution is -2.37. The quantitative estimate of drug-likeness (QED) is 0.710. The van der Waals surface area contributed by atoms with E-state index < -0.39 is 22.5 Å². The smallest absolute Gasteiger partial charge is 0.321 e. The van der Waals surface area contributed by atoms with Crippen molar-refractivity contribution in [2.75, 3.05) is 20.2 Å². The van der Waals surface area contributed by atoms with Gasteiger partial charge in [-0.3, -0.25) is 4.79 Å². The highest BCUT2D eigenvalue weighted by atomic mass is 32.2. The van der Waals surface area contributed by atoms with Crippen molar-refractivity contribution in [3.8, 4) is 6.07 Å². The standard InChI is InChI=1S/C12H15N3O4S/c1-3-7-15(9-12(16)19-2)20(17,18)11-5-4-6-14-10(11)8-13/h4-6H,3,7,9H2,1-2H3. The summed E-state index contributed by atoms with van der Waals surface area (Å²) in [6.07, 6.45) is 1.86. The summed E-state index contributed by atoms with van der Waals surface area (Å²) in [6.45, 7) is 1.54. The molecule has 0 saturated carbocycles. The molecule has 0 radical (unpaired) electrons. The number of rotatable bonds is 6. The van der Waals surface area contributed by atoms with Crippen molar-refractivity contribution in [1.29, 1.82) is 5.26 Å². The van der Waals surface area contributed by atoms with Crippen LogP contribution < -0.4 is 0 Å². The van der Waals surface area contributed by atoms with Gasteiger partial charge in [-0.15, -0.1) is 0 Å². The number of nitrogens with zero attached hydrogens (tertiary/aromatic N) is 3. The Labute approximate surface area is 117 Å². The van der Waals surface area contributed by atoms with Crippen LogP contribution in [0.15, 0.2) is 23.2 Å². The summed E-state index contributed by atoms with van der Waals surface area (Å²) in [4.78, 5) is 14.8. The number of methoxy groups -OCH3 is 1. The van der Waals surface area contributed by atoms with Gasteiger partial charge in [0.25, 0.3) is 0 Å². The van der Waals surface area contributed by atoms with Gasteiger partial charge in [-0.2, -0.15) is 9.57 Å². The highest BCUT2D eigenvalue weighted by molar-refractivity contribution is 7.89. The van der Waals surface area contributed by atoms with Gasteiger partial charge in [-0.05, 0) is 18.6 Å². The van der Waals surface area contributed by atoms with Gasteiger partial charge in [0.05, 0.1) is 7.11 Å². The molecule has 0 aliphatic heterocycles. The van der Waals surface area contributed by atoms with Crippen molar-refractivity contribution < 1.29 is 17.9 Å². The fourth-order valence-corrected chi connectivity index (χ4v) is 3.13.